The van der Waals surface area contributed by atoms with E-state index in [9.17, 15) is 9.59 Å². The highest BCUT2D eigenvalue weighted by molar-refractivity contribution is 6.15. The number of rotatable bonds is 8. The second kappa shape index (κ2) is 9.45. The number of furan rings is 1. The number of benzene rings is 1. The second-order valence-corrected chi connectivity index (χ2v) is 5.97. The highest BCUT2D eigenvalue weighted by Gasteiger charge is 2.22. The Morgan fingerprint density at radius 3 is 2.55 bits per heavy atom. The first-order chi connectivity index (χ1) is 14.1. The summed E-state index contributed by atoms with van der Waals surface area (Å²) >= 11 is 0. The Labute approximate surface area is 167 Å². The number of aromatic nitrogens is 4. The van der Waals surface area contributed by atoms with Gasteiger partial charge in [-0.05, 0) is 36.4 Å². The first-order valence-electron chi connectivity index (χ1n) is 9.18. The van der Waals surface area contributed by atoms with E-state index in [1.54, 1.807) is 17.0 Å². The number of esters is 1. The summed E-state index contributed by atoms with van der Waals surface area (Å²) in [5.41, 5.74) is 0.742. The van der Waals surface area contributed by atoms with Gasteiger partial charge in [-0.15, -0.1) is 5.10 Å². The molecule has 29 heavy (non-hydrogen) atoms. The minimum atomic E-state index is -0.744. The lowest BCUT2D eigenvalue weighted by atomic mass is 10.2. The minimum Gasteiger partial charge on any atom is -0.465 e. The van der Waals surface area contributed by atoms with Gasteiger partial charge in [0.1, 0.15) is 5.76 Å². The van der Waals surface area contributed by atoms with Gasteiger partial charge in [-0.3, -0.25) is 4.79 Å². The SMILES string of the molecule is CCN(CC)C(=O)COC(=O)/C(=C/c1ccco1)n1nnnc1-c1ccccc1. The lowest BCUT2D eigenvalue weighted by Crippen LogP contribution is -2.34. The van der Waals surface area contributed by atoms with E-state index in [-0.39, 0.29) is 18.2 Å². The van der Waals surface area contributed by atoms with Crippen LogP contribution in [-0.2, 0) is 14.3 Å². The molecule has 150 valence electrons. The van der Waals surface area contributed by atoms with Gasteiger partial charge in [0.15, 0.2) is 18.1 Å². The summed E-state index contributed by atoms with van der Waals surface area (Å²) in [6.45, 7) is 4.41. The van der Waals surface area contributed by atoms with Gasteiger partial charge in [-0.25, -0.2) is 4.79 Å². The molecular weight excluding hydrogens is 374 g/mol. The molecule has 0 N–H and O–H groups in total. The second-order valence-electron chi connectivity index (χ2n) is 5.97. The average Bonchev–Trinajstić information content (AvgIpc) is 3.43. The van der Waals surface area contributed by atoms with Crippen LogP contribution in [0.4, 0.5) is 0 Å². The van der Waals surface area contributed by atoms with Crippen LogP contribution in [0.2, 0.25) is 0 Å². The fourth-order valence-electron chi connectivity index (χ4n) is 2.70. The fraction of sp³-hybridized carbons (Fsp3) is 0.250. The maximum absolute atomic E-state index is 12.8. The van der Waals surface area contributed by atoms with Gasteiger partial charge in [0.25, 0.3) is 5.91 Å². The van der Waals surface area contributed by atoms with Crippen LogP contribution in [0.3, 0.4) is 0 Å². The molecular formula is C20H21N5O4. The Bertz CT molecular complexity index is 975. The van der Waals surface area contributed by atoms with Gasteiger partial charge in [0.2, 0.25) is 0 Å². The van der Waals surface area contributed by atoms with Crippen LogP contribution in [0, 0.1) is 0 Å². The number of carbonyl (C=O) groups excluding carboxylic acids is 2. The number of tetrazole rings is 1. The molecule has 0 radical (unpaired) electrons. The number of hydrogen-bond acceptors (Lipinski definition) is 7. The van der Waals surface area contributed by atoms with Gasteiger partial charge >= 0.3 is 5.97 Å². The van der Waals surface area contributed by atoms with Gasteiger partial charge in [0.05, 0.1) is 6.26 Å². The molecule has 0 saturated heterocycles. The number of likely N-dealkylation sites (N-methyl/N-ethyl adjacent to an activating group) is 1. The Morgan fingerprint density at radius 1 is 1.14 bits per heavy atom. The normalized spacial score (nSPS) is 11.3. The molecule has 2 heterocycles. The number of nitrogens with zero attached hydrogens (tertiary/aromatic N) is 5. The number of hydrogen-bond donors (Lipinski definition) is 0. The van der Waals surface area contributed by atoms with E-state index < -0.39 is 5.97 Å². The molecule has 1 amide bonds. The topological polar surface area (TPSA) is 103 Å². The van der Waals surface area contributed by atoms with Crippen LogP contribution in [0.5, 0.6) is 0 Å². The van der Waals surface area contributed by atoms with Crippen LogP contribution in [0.25, 0.3) is 23.2 Å². The largest absolute Gasteiger partial charge is 0.465 e. The molecule has 0 aliphatic heterocycles. The molecule has 0 spiro atoms. The molecule has 0 fully saturated rings. The van der Waals surface area contributed by atoms with Crippen molar-refractivity contribution in [1.82, 2.24) is 25.1 Å². The first-order valence-corrected chi connectivity index (χ1v) is 9.18. The lowest BCUT2D eigenvalue weighted by molar-refractivity contribution is -0.147. The Hall–Kier alpha value is -3.75. The molecule has 3 rings (SSSR count). The highest BCUT2D eigenvalue weighted by atomic mass is 16.5. The van der Waals surface area contributed by atoms with Crippen molar-refractivity contribution in [3.05, 3.63) is 54.5 Å². The third-order valence-corrected chi connectivity index (χ3v) is 4.20. The predicted molar refractivity (Wildman–Crippen MR) is 105 cm³/mol. The molecule has 0 aliphatic rings. The number of carbonyl (C=O) groups is 2. The average molecular weight is 395 g/mol. The summed E-state index contributed by atoms with van der Waals surface area (Å²) < 4.78 is 11.8. The summed E-state index contributed by atoms with van der Waals surface area (Å²) in [4.78, 5) is 26.6. The van der Waals surface area contributed by atoms with Crippen LogP contribution >= 0.6 is 0 Å². The van der Waals surface area contributed by atoms with Crippen LogP contribution in [0.1, 0.15) is 19.6 Å². The smallest absolute Gasteiger partial charge is 0.357 e. The summed E-state index contributed by atoms with van der Waals surface area (Å²) in [6.07, 6.45) is 2.95. The zero-order valence-corrected chi connectivity index (χ0v) is 16.2. The lowest BCUT2D eigenvalue weighted by Gasteiger charge is -2.18. The van der Waals surface area contributed by atoms with Crippen molar-refractivity contribution in [2.24, 2.45) is 0 Å². The molecule has 0 unspecified atom stereocenters. The molecule has 0 bridgehead atoms. The predicted octanol–water partition coefficient (Wildman–Crippen LogP) is 2.34. The van der Waals surface area contributed by atoms with Gasteiger partial charge in [0, 0.05) is 24.7 Å². The molecule has 0 aliphatic carbocycles. The quantitative estimate of drug-likeness (QED) is 0.426. The molecule has 9 nitrogen and oxygen atoms in total. The van der Waals surface area contributed by atoms with E-state index in [4.69, 9.17) is 9.15 Å². The minimum absolute atomic E-state index is 0.0242. The zero-order chi connectivity index (χ0) is 20.6. The molecule has 0 atom stereocenters. The highest BCUT2D eigenvalue weighted by Crippen LogP contribution is 2.21. The van der Waals surface area contributed by atoms with E-state index >= 15 is 0 Å². The van der Waals surface area contributed by atoms with Gasteiger partial charge in [-0.2, -0.15) is 4.68 Å². The van der Waals surface area contributed by atoms with E-state index in [1.807, 2.05) is 44.2 Å². The third kappa shape index (κ3) is 4.75. The molecule has 0 saturated carbocycles. The maximum atomic E-state index is 12.8. The Kier molecular flexibility index (Phi) is 6.51. The van der Waals surface area contributed by atoms with Crippen LogP contribution in [-0.4, -0.2) is 56.7 Å². The van der Waals surface area contributed by atoms with Crippen LogP contribution < -0.4 is 0 Å². The molecule has 9 heteroatoms. The van der Waals surface area contributed by atoms with E-state index in [0.717, 1.165) is 5.56 Å². The number of ether oxygens (including phenoxy) is 1. The van der Waals surface area contributed by atoms with Crippen LogP contribution in [0.15, 0.2) is 53.1 Å². The Balaban J connectivity index is 1.91. The van der Waals surface area contributed by atoms with E-state index in [2.05, 4.69) is 15.5 Å². The first kappa shape index (κ1) is 20.0. The molecule has 3 aromatic rings. The maximum Gasteiger partial charge on any atom is 0.357 e. The van der Waals surface area contributed by atoms with Crippen molar-refractivity contribution >= 4 is 23.6 Å². The number of amides is 1. The van der Waals surface area contributed by atoms with Crippen molar-refractivity contribution in [3.8, 4) is 11.4 Å². The van der Waals surface area contributed by atoms with Crippen molar-refractivity contribution in [2.45, 2.75) is 13.8 Å². The summed E-state index contributed by atoms with van der Waals surface area (Å²) in [5, 5.41) is 11.6. The van der Waals surface area contributed by atoms with Crippen molar-refractivity contribution < 1.29 is 18.7 Å². The summed E-state index contributed by atoms with van der Waals surface area (Å²) in [6, 6.07) is 12.6. The van der Waals surface area contributed by atoms with Gasteiger partial charge in [-0.1, -0.05) is 30.3 Å². The molecule has 2 aromatic heterocycles. The van der Waals surface area contributed by atoms with Crippen molar-refractivity contribution in [2.75, 3.05) is 19.7 Å². The van der Waals surface area contributed by atoms with Crippen molar-refractivity contribution in [1.29, 1.82) is 0 Å². The zero-order valence-electron chi connectivity index (χ0n) is 16.2. The monoisotopic (exact) mass is 395 g/mol. The van der Waals surface area contributed by atoms with E-state index in [0.29, 0.717) is 24.7 Å². The van der Waals surface area contributed by atoms with E-state index in [1.165, 1.54) is 17.0 Å². The fourth-order valence-corrected chi connectivity index (χ4v) is 2.70. The van der Waals surface area contributed by atoms with Gasteiger partial charge < -0.3 is 14.1 Å². The van der Waals surface area contributed by atoms with Crippen molar-refractivity contribution in [3.63, 3.8) is 0 Å². The summed E-state index contributed by atoms with van der Waals surface area (Å²) in [7, 11) is 0. The standard InChI is InChI=1S/C20H21N5O4/c1-3-24(4-2)18(26)14-29-20(27)17(13-16-11-8-12-28-16)25-19(21-22-23-25)15-9-6-5-7-10-15/h5-13H,3-4,14H2,1-2H3/b17-13-. The third-order valence-electron chi connectivity index (χ3n) is 4.20. The Morgan fingerprint density at radius 2 is 1.90 bits per heavy atom. The molecule has 1 aromatic carbocycles. The summed E-state index contributed by atoms with van der Waals surface area (Å²) in [5.74, 6) is -0.246.